The van der Waals surface area contributed by atoms with Gasteiger partial charge in [0.1, 0.15) is 0 Å². The van der Waals surface area contributed by atoms with Crippen molar-refractivity contribution in [2.24, 2.45) is 17.3 Å². The fourth-order valence-corrected chi connectivity index (χ4v) is 3.14. The molecule has 3 aliphatic carbocycles. The summed E-state index contributed by atoms with van der Waals surface area (Å²) in [7, 11) is 0. The van der Waals surface area contributed by atoms with Gasteiger partial charge in [0.05, 0.1) is 0 Å². The summed E-state index contributed by atoms with van der Waals surface area (Å²) < 4.78 is 0. The number of fused-ring (bicyclic) bond motifs is 1. The Morgan fingerprint density at radius 3 is 2.83 bits per heavy atom. The Kier molecular flexibility index (Phi) is 2.02. The first-order chi connectivity index (χ1) is 5.66. The van der Waals surface area contributed by atoms with Crippen molar-refractivity contribution in [2.45, 2.75) is 33.1 Å². The predicted octanol–water partition coefficient (Wildman–Crippen LogP) is 3.30. The topological polar surface area (TPSA) is 0 Å². The van der Waals surface area contributed by atoms with Crippen LogP contribution >= 0.6 is 12.6 Å². The molecule has 0 aliphatic heterocycles. The quantitative estimate of drug-likeness (QED) is 0.491. The first-order valence-corrected chi connectivity index (χ1v) is 5.59. The van der Waals surface area contributed by atoms with Gasteiger partial charge in [-0.05, 0) is 42.3 Å². The van der Waals surface area contributed by atoms with Crippen LogP contribution in [0.4, 0.5) is 0 Å². The van der Waals surface area contributed by atoms with Crippen molar-refractivity contribution in [2.75, 3.05) is 5.75 Å². The Bertz CT molecular complexity index is 215. The van der Waals surface area contributed by atoms with Crippen LogP contribution in [-0.4, -0.2) is 5.75 Å². The van der Waals surface area contributed by atoms with Gasteiger partial charge in [0.15, 0.2) is 0 Å². The maximum Gasteiger partial charge on any atom is -0.00605 e. The van der Waals surface area contributed by atoms with Gasteiger partial charge in [-0.3, -0.25) is 0 Å². The van der Waals surface area contributed by atoms with Crippen molar-refractivity contribution in [3.8, 4) is 0 Å². The van der Waals surface area contributed by atoms with Crippen LogP contribution < -0.4 is 0 Å². The van der Waals surface area contributed by atoms with Crippen molar-refractivity contribution in [3.05, 3.63) is 11.6 Å². The third kappa shape index (κ3) is 1.06. The third-order valence-electron chi connectivity index (χ3n) is 3.98. The van der Waals surface area contributed by atoms with Crippen LogP contribution in [0.2, 0.25) is 0 Å². The van der Waals surface area contributed by atoms with E-state index < -0.39 is 0 Å². The summed E-state index contributed by atoms with van der Waals surface area (Å²) in [4.78, 5) is 0. The zero-order valence-corrected chi connectivity index (χ0v) is 8.90. The van der Waals surface area contributed by atoms with E-state index in [4.69, 9.17) is 0 Å². The minimum Gasteiger partial charge on any atom is -0.179 e. The number of hydrogen-bond acceptors (Lipinski definition) is 1. The van der Waals surface area contributed by atoms with Gasteiger partial charge in [-0.2, -0.15) is 12.6 Å². The molecule has 0 unspecified atom stereocenters. The van der Waals surface area contributed by atoms with E-state index in [1.807, 2.05) is 0 Å². The van der Waals surface area contributed by atoms with E-state index in [-0.39, 0.29) is 0 Å². The van der Waals surface area contributed by atoms with Crippen LogP contribution in [0, 0.1) is 17.3 Å². The summed E-state index contributed by atoms with van der Waals surface area (Å²) in [6, 6.07) is 0. The number of allylic oxidation sites excluding steroid dienone is 2. The molecule has 0 aromatic heterocycles. The lowest BCUT2D eigenvalue weighted by molar-refractivity contribution is -0.00766. The Morgan fingerprint density at radius 2 is 2.33 bits per heavy atom. The van der Waals surface area contributed by atoms with Crippen LogP contribution in [0.5, 0.6) is 0 Å². The first kappa shape index (κ1) is 8.68. The molecule has 2 atom stereocenters. The minimum absolute atomic E-state index is 0.604. The molecular weight excluding hydrogens is 164 g/mol. The molecule has 0 heterocycles. The summed E-state index contributed by atoms with van der Waals surface area (Å²) in [6.45, 7) is 4.86. The molecule has 0 aromatic rings. The maximum absolute atomic E-state index is 4.30. The van der Waals surface area contributed by atoms with Crippen LogP contribution in [0.15, 0.2) is 11.6 Å². The van der Waals surface area contributed by atoms with Gasteiger partial charge < -0.3 is 0 Å². The van der Waals surface area contributed by atoms with Gasteiger partial charge in [-0.15, -0.1) is 0 Å². The van der Waals surface area contributed by atoms with E-state index >= 15 is 0 Å². The van der Waals surface area contributed by atoms with E-state index in [9.17, 15) is 0 Å². The fraction of sp³-hybridized carbons (Fsp3) is 0.818. The zero-order chi connectivity index (χ0) is 8.77. The molecule has 68 valence electrons. The highest BCUT2D eigenvalue weighted by molar-refractivity contribution is 7.80. The van der Waals surface area contributed by atoms with Crippen LogP contribution in [-0.2, 0) is 0 Å². The molecule has 0 nitrogen and oxygen atoms in total. The molecule has 0 aromatic carbocycles. The van der Waals surface area contributed by atoms with Crippen molar-refractivity contribution < 1.29 is 0 Å². The van der Waals surface area contributed by atoms with Gasteiger partial charge in [0, 0.05) is 0 Å². The average molecular weight is 182 g/mol. The first-order valence-electron chi connectivity index (χ1n) is 4.96. The van der Waals surface area contributed by atoms with E-state index in [1.165, 1.54) is 19.3 Å². The van der Waals surface area contributed by atoms with Gasteiger partial charge in [-0.1, -0.05) is 25.5 Å². The van der Waals surface area contributed by atoms with Crippen LogP contribution in [0.1, 0.15) is 33.1 Å². The summed E-state index contributed by atoms with van der Waals surface area (Å²) in [5.41, 5.74) is 2.30. The van der Waals surface area contributed by atoms with E-state index in [1.54, 1.807) is 5.57 Å². The van der Waals surface area contributed by atoms with Gasteiger partial charge in [0.2, 0.25) is 0 Å². The molecule has 1 saturated carbocycles. The molecule has 1 fully saturated rings. The summed E-state index contributed by atoms with van der Waals surface area (Å²) in [5, 5.41) is 0. The van der Waals surface area contributed by atoms with E-state index in [0.29, 0.717) is 5.41 Å². The van der Waals surface area contributed by atoms with Crippen LogP contribution in [0.3, 0.4) is 0 Å². The molecule has 0 radical (unpaired) electrons. The monoisotopic (exact) mass is 182 g/mol. The average Bonchev–Trinajstić information content (AvgIpc) is 2.05. The van der Waals surface area contributed by atoms with Gasteiger partial charge >= 0.3 is 0 Å². The summed E-state index contributed by atoms with van der Waals surface area (Å²) in [5.74, 6) is 2.89. The van der Waals surface area contributed by atoms with Gasteiger partial charge in [0.25, 0.3) is 0 Å². The molecule has 1 heteroatoms. The highest BCUT2D eigenvalue weighted by Gasteiger charge is 2.50. The number of hydrogen-bond donors (Lipinski definition) is 1. The largest absolute Gasteiger partial charge is 0.179 e. The zero-order valence-electron chi connectivity index (χ0n) is 8.01. The summed E-state index contributed by atoms with van der Waals surface area (Å²) >= 11 is 4.30. The lowest BCUT2D eigenvalue weighted by Gasteiger charge is -2.56. The SMILES string of the molecule is CC1(C)[C@H]2CC=C(CCS)[C@@H]1C2. The Morgan fingerprint density at radius 1 is 1.58 bits per heavy atom. The molecule has 0 amide bonds. The van der Waals surface area contributed by atoms with Gasteiger partial charge in [-0.25, -0.2) is 0 Å². The third-order valence-corrected chi connectivity index (χ3v) is 4.21. The highest BCUT2D eigenvalue weighted by atomic mass is 32.1. The highest BCUT2D eigenvalue weighted by Crippen LogP contribution is 2.59. The fourth-order valence-electron chi connectivity index (χ4n) is 2.89. The Labute approximate surface area is 80.8 Å². The molecular formula is C11H18S. The van der Waals surface area contributed by atoms with Crippen molar-refractivity contribution in [1.82, 2.24) is 0 Å². The lowest BCUT2D eigenvalue weighted by atomic mass is 9.48. The molecule has 0 spiro atoms. The van der Waals surface area contributed by atoms with E-state index in [0.717, 1.165) is 17.6 Å². The van der Waals surface area contributed by atoms with Crippen molar-refractivity contribution in [3.63, 3.8) is 0 Å². The Balaban J connectivity index is 2.13. The van der Waals surface area contributed by atoms with Crippen LogP contribution in [0.25, 0.3) is 0 Å². The normalized spacial score (nSPS) is 37.1. The lowest BCUT2D eigenvalue weighted by Crippen LogP contribution is -2.48. The Hall–Kier alpha value is 0.0900. The number of thiol groups is 1. The maximum atomic E-state index is 4.30. The molecule has 12 heavy (non-hydrogen) atoms. The molecule has 2 bridgehead atoms. The molecule has 3 rings (SSSR count). The van der Waals surface area contributed by atoms with Crippen molar-refractivity contribution >= 4 is 12.6 Å². The van der Waals surface area contributed by atoms with Crippen molar-refractivity contribution in [1.29, 1.82) is 0 Å². The predicted molar refractivity (Wildman–Crippen MR) is 56.5 cm³/mol. The second-order valence-corrected chi connectivity index (χ2v) is 5.24. The standard InChI is InChI=1S/C11H18S/c1-11(2)9-4-3-8(5-6-12)10(11)7-9/h3,9-10,12H,4-7H2,1-2H3/t9-,10-/m0/s1. The molecule has 0 saturated heterocycles. The molecule has 3 aliphatic rings. The smallest absolute Gasteiger partial charge is 0.00605 e. The summed E-state index contributed by atoms with van der Waals surface area (Å²) in [6.07, 6.45) is 6.46. The second kappa shape index (κ2) is 2.80. The van der Waals surface area contributed by atoms with E-state index in [2.05, 4.69) is 32.6 Å². The second-order valence-electron chi connectivity index (χ2n) is 4.79. The number of rotatable bonds is 2. The molecule has 0 N–H and O–H groups in total. The minimum atomic E-state index is 0.604.